The summed E-state index contributed by atoms with van der Waals surface area (Å²) in [4.78, 5) is 29.0. The summed E-state index contributed by atoms with van der Waals surface area (Å²) >= 11 is 3.59. The van der Waals surface area contributed by atoms with E-state index in [-0.39, 0.29) is 24.2 Å². The number of ether oxygens (including phenoxy) is 1. The first-order valence-corrected chi connectivity index (χ1v) is 10.7. The fourth-order valence-electron chi connectivity index (χ4n) is 4.13. The van der Waals surface area contributed by atoms with Crippen molar-refractivity contribution in [2.45, 2.75) is 32.0 Å². The molecule has 4 rings (SSSR count). The summed E-state index contributed by atoms with van der Waals surface area (Å²) in [5.41, 5.74) is 2.67. The van der Waals surface area contributed by atoms with Crippen molar-refractivity contribution in [1.82, 2.24) is 9.80 Å². The number of nitrogens with zero attached hydrogens (tertiary/aromatic N) is 2. The van der Waals surface area contributed by atoms with Crippen LogP contribution in [0.4, 0.5) is 10.5 Å². The number of fused-ring (bicyclic) bond motifs is 1. The molecule has 2 aromatic carbocycles. The van der Waals surface area contributed by atoms with Gasteiger partial charge in [0.25, 0.3) is 5.91 Å². The van der Waals surface area contributed by atoms with Gasteiger partial charge in [0.2, 0.25) is 0 Å². The molecule has 152 valence electrons. The molecule has 2 heterocycles. The van der Waals surface area contributed by atoms with Gasteiger partial charge in [-0.25, -0.2) is 4.79 Å². The van der Waals surface area contributed by atoms with Crippen LogP contribution in [-0.4, -0.2) is 47.5 Å². The number of rotatable bonds is 4. The van der Waals surface area contributed by atoms with E-state index in [0.717, 1.165) is 34.1 Å². The Kier molecular flexibility index (Phi) is 5.76. The zero-order chi connectivity index (χ0) is 20.4. The number of hydrogen-bond acceptors (Lipinski definition) is 4. The van der Waals surface area contributed by atoms with Gasteiger partial charge in [0.1, 0.15) is 6.17 Å². The van der Waals surface area contributed by atoms with Crippen molar-refractivity contribution in [3.63, 3.8) is 0 Å². The van der Waals surface area contributed by atoms with E-state index in [1.807, 2.05) is 60.4 Å². The Bertz CT molecular complexity index is 912. The molecule has 29 heavy (non-hydrogen) atoms. The molecule has 1 unspecified atom stereocenters. The highest BCUT2D eigenvalue weighted by Crippen LogP contribution is 2.39. The molecular formula is C22H24BrN3O3. The highest BCUT2D eigenvalue weighted by Gasteiger charge is 2.42. The van der Waals surface area contributed by atoms with E-state index >= 15 is 0 Å². The van der Waals surface area contributed by atoms with Gasteiger partial charge in [-0.1, -0.05) is 30.3 Å². The van der Waals surface area contributed by atoms with E-state index in [9.17, 15) is 9.59 Å². The minimum absolute atomic E-state index is 0.0414. The van der Waals surface area contributed by atoms with Crippen molar-refractivity contribution in [3.05, 3.63) is 64.1 Å². The predicted octanol–water partition coefficient (Wildman–Crippen LogP) is 4.64. The quantitative estimate of drug-likeness (QED) is 0.726. The molecule has 1 atom stereocenters. The maximum Gasteiger partial charge on any atom is 0.409 e. The Balaban J connectivity index is 1.57. The zero-order valence-corrected chi connectivity index (χ0v) is 17.9. The van der Waals surface area contributed by atoms with Crippen LogP contribution in [0.3, 0.4) is 0 Å². The maximum atomic E-state index is 13.3. The number of anilines is 1. The van der Waals surface area contributed by atoms with Crippen LogP contribution in [0.5, 0.6) is 0 Å². The number of carbonyl (C=O) groups is 2. The highest BCUT2D eigenvalue weighted by molar-refractivity contribution is 9.10. The average Bonchev–Trinajstić information content (AvgIpc) is 3.02. The Morgan fingerprint density at radius 3 is 2.55 bits per heavy atom. The fourth-order valence-corrected chi connectivity index (χ4v) is 4.53. The molecule has 0 radical (unpaired) electrons. The summed E-state index contributed by atoms with van der Waals surface area (Å²) in [6.45, 7) is 3.36. The number of carbonyl (C=O) groups excluding carboxylic acids is 2. The standard InChI is InChI=1S/C22H24BrN3O3/c1-2-29-22(28)25-13-11-15(12-14-25)26-20(24-19-10-6-5-9-18(19)23)16-7-3-4-8-17(16)21(26)27/h3-10,15,20,24H,2,11-14H2,1H3. The molecule has 0 bridgehead atoms. The normalized spacial score (nSPS) is 19.2. The van der Waals surface area contributed by atoms with E-state index in [4.69, 9.17) is 4.74 Å². The number of hydrogen-bond donors (Lipinski definition) is 1. The summed E-state index contributed by atoms with van der Waals surface area (Å²) in [6.07, 6.45) is 0.945. The molecule has 2 aliphatic rings. The fraction of sp³-hybridized carbons (Fsp3) is 0.364. The van der Waals surface area contributed by atoms with Crippen LogP contribution in [0.1, 0.15) is 41.9 Å². The van der Waals surface area contributed by atoms with Crippen LogP contribution in [0, 0.1) is 0 Å². The number of benzene rings is 2. The Morgan fingerprint density at radius 1 is 1.14 bits per heavy atom. The van der Waals surface area contributed by atoms with Crippen LogP contribution in [0.15, 0.2) is 53.0 Å². The Morgan fingerprint density at radius 2 is 1.83 bits per heavy atom. The lowest BCUT2D eigenvalue weighted by molar-refractivity contribution is 0.0496. The molecule has 7 heteroatoms. The lowest BCUT2D eigenvalue weighted by atomic mass is 10.0. The first kappa shape index (κ1) is 19.8. The average molecular weight is 458 g/mol. The minimum atomic E-state index is -0.273. The van der Waals surface area contributed by atoms with Crippen LogP contribution in [-0.2, 0) is 4.74 Å². The van der Waals surface area contributed by atoms with Crippen LogP contribution >= 0.6 is 15.9 Å². The summed E-state index contributed by atoms with van der Waals surface area (Å²) in [5.74, 6) is 0.0414. The molecule has 2 aromatic rings. The van der Waals surface area contributed by atoms with Gasteiger partial charge in [0.15, 0.2) is 0 Å². The van der Waals surface area contributed by atoms with Gasteiger partial charge < -0.3 is 19.9 Å². The number of amides is 2. The van der Waals surface area contributed by atoms with Gasteiger partial charge in [-0.05, 0) is 53.9 Å². The van der Waals surface area contributed by atoms with Crippen molar-refractivity contribution >= 4 is 33.6 Å². The summed E-state index contributed by atoms with van der Waals surface area (Å²) in [5, 5.41) is 3.55. The van der Waals surface area contributed by atoms with Gasteiger partial charge in [0, 0.05) is 34.7 Å². The topological polar surface area (TPSA) is 61.9 Å². The molecule has 0 saturated carbocycles. The lowest BCUT2D eigenvalue weighted by Crippen LogP contribution is -2.49. The van der Waals surface area contributed by atoms with Crippen LogP contribution in [0.2, 0.25) is 0 Å². The largest absolute Gasteiger partial charge is 0.450 e. The molecule has 2 aliphatic heterocycles. The van der Waals surface area contributed by atoms with E-state index in [1.54, 1.807) is 4.90 Å². The first-order chi connectivity index (χ1) is 14.1. The van der Waals surface area contributed by atoms with Gasteiger partial charge in [-0.15, -0.1) is 0 Å². The third kappa shape index (κ3) is 3.83. The monoisotopic (exact) mass is 457 g/mol. The summed E-state index contributed by atoms with van der Waals surface area (Å²) in [6, 6.07) is 15.7. The second-order valence-corrected chi connectivity index (χ2v) is 8.10. The molecule has 2 amide bonds. The predicted molar refractivity (Wildman–Crippen MR) is 115 cm³/mol. The Labute approximate surface area is 178 Å². The molecule has 0 aliphatic carbocycles. The van der Waals surface area contributed by atoms with Crippen molar-refractivity contribution in [2.75, 3.05) is 25.0 Å². The van der Waals surface area contributed by atoms with Crippen molar-refractivity contribution in [2.24, 2.45) is 0 Å². The number of piperidine rings is 1. The second-order valence-electron chi connectivity index (χ2n) is 7.24. The third-order valence-corrected chi connectivity index (χ3v) is 6.24. The molecule has 0 aromatic heterocycles. The number of likely N-dealkylation sites (tertiary alicyclic amines) is 1. The van der Waals surface area contributed by atoms with Gasteiger partial charge in [0.05, 0.1) is 12.3 Å². The van der Waals surface area contributed by atoms with E-state index in [1.165, 1.54) is 0 Å². The summed E-state index contributed by atoms with van der Waals surface area (Å²) < 4.78 is 6.07. The molecule has 0 spiro atoms. The number of nitrogens with one attached hydrogen (secondary N) is 1. The van der Waals surface area contributed by atoms with E-state index in [0.29, 0.717) is 19.7 Å². The SMILES string of the molecule is CCOC(=O)N1CCC(N2C(=O)c3ccccc3C2Nc2ccccc2Br)CC1. The minimum Gasteiger partial charge on any atom is -0.450 e. The first-order valence-electron chi connectivity index (χ1n) is 9.94. The summed E-state index contributed by atoms with van der Waals surface area (Å²) in [7, 11) is 0. The maximum absolute atomic E-state index is 13.3. The Hall–Kier alpha value is -2.54. The smallest absolute Gasteiger partial charge is 0.409 e. The van der Waals surface area contributed by atoms with E-state index < -0.39 is 0 Å². The van der Waals surface area contributed by atoms with Crippen LogP contribution in [0.25, 0.3) is 0 Å². The van der Waals surface area contributed by atoms with Crippen molar-refractivity contribution in [3.8, 4) is 0 Å². The van der Waals surface area contributed by atoms with Gasteiger partial charge >= 0.3 is 6.09 Å². The highest BCUT2D eigenvalue weighted by atomic mass is 79.9. The number of halogens is 1. The molecule has 6 nitrogen and oxygen atoms in total. The van der Waals surface area contributed by atoms with Crippen molar-refractivity contribution in [1.29, 1.82) is 0 Å². The third-order valence-electron chi connectivity index (χ3n) is 5.55. The second kappa shape index (κ2) is 8.45. The van der Waals surface area contributed by atoms with Gasteiger partial charge in [-0.2, -0.15) is 0 Å². The van der Waals surface area contributed by atoms with Crippen LogP contribution < -0.4 is 5.32 Å². The molecule has 1 fully saturated rings. The molecule has 1 N–H and O–H groups in total. The van der Waals surface area contributed by atoms with E-state index in [2.05, 4.69) is 21.2 Å². The van der Waals surface area contributed by atoms with Gasteiger partial charge in [-0.3, -0.25) is 4.79 Å². The van der Waals surface area contributed by atoms with Crippen molar-refractivity contribution < 1.29 is 14.3 Å². The number of para-hydroxylation sites is 1. The zero-order valence-electron chi connectivity index (χ0n) is 16.3. The molecule has 1 saturated heterocycles. The molecular weight excluding hydrogens is 434 g/mol. The lowest BCUT2D eigenvalue weighted by Gasteiger charge is -2.39.